The summed E-state index contributed by atoms with van der Waals surface area (Å²) in [5, 5.41) is 5.22. The predicted octanol–water partition coefficient (Wildman–Crippen LogP) is 4.01. The molecule has 2 N–H and O–H groups in total. The molecule has 0 unspecified atom stereocenters. The minimum Gasteiger partial charge on any atom is -0.451 e. The molecule has 0 saturated heterocycles. The number of amides is 2. The summed E-state index contributed by atoms with van der Waals surface area (Å²) in [6.45, 7) is 0.799. The van der Waals surface area contributed by atoms with Gasteiger partial charge in [-0.25, -0.2) is 4.79 Å². The van der Waals surface area contributed by atoms with Crippen molar-refractivity contribution in [3.63, 3.8) is 0 Å². The number of para-hydroxylation sites is 1. The smallest absolute Gasteiger partial charge is 0.355 e. The molecular formula is C25H22N2O4. The van der Waals surface area contributed by atoms with Crippen molar-refractivity contribution in [3.8, 4) is 11.1 Å². The molecule has 3 aromatic rings. The third-order valence-corrected chi connectivity index (χ3v) is 4.26. The van der Waals surface area contributed by atoms with Gasteiger partial charge in [-0.2, -0.15) is 0 Å². The monoisotopic (exact) mass is 414 g/mol. The van der Waals surface area contributed by atoms with E-state index in [1.54, 1.807) is 30.3 Å². The van der Waals surface area contributed by atoms with Crippen LogP contribution in [-0.4, -0.2) is 24.4 Å². The Balaban J connectivity index is 1.67. The van der Waals surface area contributed by atoms with E-state index in [1.807, 2.05) is 54.6 Å². The molecule has 0 fully saturated rings. The molecule has 0 atom stereocenters. The van der Waals surface area contributed by atoms with Gasteiger partial charge in [-0.15, -0.1) is 0 Å². The first-order chi connectivity index (χ1) is 15.0. The first-order valence-electron chi connectivity index (χ1n) is 9.68. The molecule has 31 heavy (non-hydrogen) atoms. The zero-order valence-corrected chi connectivity index (χ0v) is 17.0. The minimum absolute atomic E-state index is 0.0452. The van der Waals surface area contributed by atoms with Crippen LogP contribution in [0.3, 0.4) is 0 Å². The van der Waals surface area contributed by atoms with Crippen LogP contribution >= 0.6 is 0 Å². The number of rotatable bonds is 7. The fourth-order valence-corrected chi connectivity index (χ4v) is 2.91. The number of carbonyl (C=O) groups excluding carboxylic acids is 3. The van der Waals surface area contributed by atoms with Gasteiger partial charge in [0.15, 0.2) is 6.61 Å². The Morgan fingerprint density at radius 1 is 0.839 bits per heavy atom. The van der Waals surface area contributed by atoms with Gasteiger partial charge >= 0.3 is 5.97 Å². The van der Waals surface area contributed by atoms with E-state index in [9.17, 15) is 14.4 Å². The summed E-state index contributed by atoms with van der Waals surface area (Å²) in [6.07, 6.45) is 1.49. The lowest BCUT2D eigenvalue weighted by molar-refractivity contribution is -0.144. The average Bonchev–Trinajstić information content (AvgIpc) is 2.78. The van der Waals surface area contributed by atoms with Gasteiger partial charge in [0.2, 0.25) is 5.91 Å². The first-order valence-corrected chi connectivity index (χ1v) is 9.68. The number of ether oxygens (including phenoxy) is 1. The molecule has 0 spiro atoms. The number of benzene rings is 3. The summed E-state index contributed by atoms with van der Waals surface area (Å²) < 4.78 is 5.12. The summed E-state index contributed by atoms with van der Waals surface area (Å²) in [6, 6.07) is 26.0. The van der Waals surface area contributed by atoms with Crippen molar-refractivity contribution >= 4 is 29.5 Å². The van der Waals surface area contributed by atoms with Gasteiger partial charge in [-0.05, 0) is 23.3 Å². The molecule has 0 heterocycles. The molecule has 0 aliphatic carbocycles. The Bertz CT molecular complexity index is 1090. The van der Waals surface area contributed by atoms with E-state index in [2.05, 4.69) is 10.6 Å². The SMILES string of the molecule is CC(=O)N/C(=C\c1ccccc1)C(=O)OCC(=O)Nc1ccccc1-c1ccccc1. The predicted molar refractivity (Wildman–Crippen MR) is 120 cm³/mol. The van der Waals surface area contributed by atoms with Gasteiger partial charge in [-0.3, -0.25) is 9.59 Å². The molecule has 6 heteroatoms. The molecule has 156 valence electrons. The molecule has 0 saturated carbocycles. The van der Waals surface area contributed by atoms with Crippen LogP contribution < -0.4 is 10.6 Å². The molecule has 0 aliphatic rings. The standard InChI is InChI=1S/C25H22N2O4/c1-18(28)26-23(16-19-10-4-2-5-11-19)25(30)31-17-24(29)27-22-15-9-8-14-21(22)20-12-6-3-7-13-20/h2-16H,17H2,1H3,(H,26,28)(H,27,29)/b23-16-. The van der Waals surface area contributed by atoms with E-state index >= 15 is 0 Å². The van der Waals surface area contributed by atoms with E-state index in [0.29, 0.717) is 11.3 Å². The molecule has 3 rings (SSSR count). The maximum Gasteiger partial charge on any atom is 0.355 e. The highest BCUT2D eigenvalue weighted by Crippen LogP contribution is 2.27. The molecule has 0 aliphatic heterocycles. The lowest BCUT2D eigenvalue weighted by Gasteiger charge is -2.12. The topological polar surface area (TPSA) is 84.5 Å². The van der Waals surface area contributed by atoms with Crippen molar-refractivity contribution in [2.24, 2.45) is 0 Å². The highest BCUT2D eigenvalue weighted by atomic mass is 16.5. The summed E-state index contributed by atoms with van der Waals surface area (Å²) >= 11 is 0. The Kier molecular flexibility index (Phi) is 7.32. The molecular weight excluding hydrogens is 392 g/mol. The Morgan fingerprint density at radius 3 is 2.13 bits per heavy atom. The fourth-order valence-electron chi connectivity index (χ4n) is 2.91. The molecule has 0 bridgehead atoms. The number of hydrogen-bond acceptors (Lipinski definition) is 4. The van der Waals surface area contributed by atoms with Crippen molar-refractivity contribution in [2.45, 2.75) is 6.92 Å². The van der Waals surface area contributed by atoms with Crippen molar-refractivity contribution in [2.75, 3.05) is 11.9 Å². The summed E-state index contributed by atoms with van der Waals surface area (Å²) in [5.74, 6) is -1.70. The molecule has 0 radical (unpaired) electrons. The van der Waals surface area contributed by atoms with Gasteiger partial charge in [-0.1, -0.05) is 78.9 Å². The zero-order valence-electron chi connectivity index (χ0n) is 17.0. The van der Waals surface area contributed by atoms with Crippen LogP contribution in [0.25, 0.3) is 17.2 Å². The number of nitrogens with one attached hydrogen (secondary N) is 2. The van der Waals surface area contributed by atoms with Crippen LogP contribution in [0.1, 0.15) is 12.5 Å². The largest absolute Gasteiger partial charge is 0.451 e. The van der Waals surface area contributed by atoms with Crippen LogP contribution in [0, 0.1) is 0 Å². The second-order valence-electron chi connectivity index (χ2n) is 6.69. The summed E-state index contributed by atoms with van der Waals surface area (Å²) in [4.78, 5) is 36.3. The van der Waals surface area contributed by atoms with Gasteiger partial charge in [0, 0.05) is 18.2 Å². The molecule has 6 nitrogen and oxygen atoms in total. The van der Waals surface area contributed by atoms with E-state index in [-0.39, 0.29) is 5.70 Å². The number of hydrogen-bond donors (Lipinski definition) is 2. The average molecular weight is 414 g/mol. The van der Waals surface area contributed by atoms with Crippen LogP contribution in [0.15, 0.2) is 90.6 Å². The highest BCUT2D eigenvalue weighted by Gasteiger charge is 2.16. The van der Waals surface area contributed by atoms with Gasteiger partial charge in [0.05, 0.1) is 0 Å². The third-order valence-electron chi connectivity index (χ3n) is 4.26. The zero-order chi connectivity index (χ0) is 22.1. The summed E-state index contributed by atoms with van der Waals surface area (Å²) in [5.41, 5.74) is 3.08. The van der Waals surface area contributed by atoms with E-state index < -0.39 is 24.4 Å². The van der Waals surface area contributed by atoms with Crippen LogP contribution in [-0.2, 0) is 19.1 Å². The maximum absolute atomic E-state index is 12.4. The van der Waals surface area contributed by atoms with Crippen molar-refractivity contribution < 1.29 is 19.1 Å². The second-order valence-corrected chi connectivity index (χ2v) is 6.69. The van der Waals surface area contributed by atoms with Gasteiger partial charge < -0.3 is 15.4 Å². The normalized spacial score (nSPS) is 10.8. The van der Waals surface area contributed by atoms with Gasteiger partial charge in [0.1, 0.15) is 5.70 Å². The van der Waals surface area contributed by atoms with E-state index in [1.165, 1.54) is 13.0 Å². The first kappa shape index (κ1) is 21.5. The van der Waals surface area contributed by atoms with Crippen LogP contribution in [0.4, 0.5) is 5.69 Å². The van der Waals surface area contributed by atoms with Crippen molar-refractivity contribution in [1.82, 2.24) is 5.32 Å². The Morgan fingerprint density at radius 2 is 1.45 bits per heavy atom. The minimum atomic E-state index is -0.800. The van der Waals surface area contributed by atoms with E-state index in [0.717, 1.165) is 11.1 Å². The maximum atomic E-state index is 12.4. The molecule has 0 aromatic heterocycles. The number of esters is 1. The lowest BCUT2D eigenvalue weighted by atomic mass is 10.0. The third kappa shape index (κ3) is 6.40. The van der Waals surface area contributed by atoms with Crippen molar-refractivity contribution in [3.05, 3.63) is 96.2 Å². The van der Waals surface area contributed by atoms with Gasteiger partial charge in [0.25, 0.3) is 5.91 Å². The Labute approximate surface area is 180 Å². The number of carbonyl (C=O) groups is 3. The number of anilines is 1. The summed E-state index contributed by atoms with van der Waals surface area (Å²) in [7, 11) is 0. The Hall–Kier alpha value is -4.19. The second kappa shape index (κ2) is 10.5. The highest BCUT2D eigenvalue weighted by molar-refractivity contribution is 6.00. The lowest BCUT2D eigenvalue weighted by Crippen LogP contribution is -2.29. The van der Waals surface area contributed by atoms with Crippen molar-refractivity contribution in [1.29, 1.82) is 0 Å². The molecule has 3 aromatic carbocycles. The van der Waals surface area contributed by atoms with E-state index in [4.69, 9.17) is 4.74 Å². The molecule has 2 amide bonds. The van der Waals surface area contributed by atoms with Crippen LogP contribution in [0.5, 0.6) is 0 Å². The quantitative estimate of drug-likeness (QED) is 0.452. The van der Waals surface area contributed by atoms with Crippen LogP contribution in [0.2, 0.25) is 0 Å². The fraction of sp³-hybridized carbons (Fsp3) is 0.0800.